The molecule has 1 aliphatic heterocycles. The lowest BCUT2D eigenvalue weighted by atomic mass is 9.90. The summed E-state index contributed by atoms with van der Waals surface area (Å²) in [5, 5.41) is 14.0. The van der Waals surface area contributed by atoms with Gasteiger partial charge < -0.3 is 20.6 Å². The van der Waals surface area contributed by atoms with E-state index >= 15 is 0 Å². The van der Waals surface area contributed by atoms with Crippen LogP contribution in [0.4, 0.5) is 13.6 Å². The van der Waals surface area contributed by atoms with Crippen molar-refractivity contribution in [3.05, 3.63) is 65.0 Å². The fourth-order valence-electron chi connectivity index (χ4n) is 3.83. The second-order valence-electron chi connectivity index (χ2n) is 7.97. The smallest absolute Gasteiger partial charge is 0.407 e. The molecular formula is C23H26F2N4O4. The molecule has 2 heterocycles. The predicted molar refractivity (Wildman–Crippen MR) is 116 cm³/mol. The standard InChI is InChI=1S/C23H26F2N4O4/c1-26-21(31)19-13-16(12-18(28-19)11-15-5-3-2-4-6-15)20(30)27-9-7-17-8-10-29(22(32)33)14-23(17,24)25/h2-6,12-13,17H,7-11,14H2,1H3,(H,26,31)(H,27,30)(H,32,33). The minimum Gasteiger partial charge on any atom is -0.465 e. The van der Waals surface area contributed by atoms with Crippen LogP contribution in [0.25, 0.3) is 0 Å². The van der Waals surface area contributed by atoms with Gasteiger partial charge in [0.2, 0.25) is 0 Å². The van der Waals surface area contributed by atoms with Crippen LogP contribution in [0.5, 0.6) is 0 Å². The molecule has 1 unspecified atom stereocenters. The zero-order valence-corrected chi connectivity index (χ0v) is 18.2. The summed E-state index contributed by atoms with van der Waals surface area (Å²) in [6, 6.07) is 12.4. The fourth-order valence-corrected chi connectivity index (χ4v) is 3.83. The topological polar surface area (TPSA) is 112 Å². The van der Waals surface area contributed by atoms with Crippen molar-refractivity contribution in [2.75, 3.05) is 26.7 Å². The van der Waals surface area contributed by atoms with E-state index in [0.29, 0.717) is 17.0 Å². The normalized spacial score (nSPS) is 17.3. The summed E-state index contributed by atoms with van der Waals surface area (Å²) in [5.41, 5.74) is 1.78. The third-order valence-corrected chi connectivity index (χ3v) is 5.62. The highest BCUT2D eigenvalue weighted by Gasteiger charge is 2.45. The van der Waals surface area contributed by atoms with Gasteiger partial charge in [-0.3, -0.25) is 9.59 Å². The van der Waals surface area contributed by atoms with Gasteiger partial charge in [0.25, 0.3) is 17.7 Å². The van der Waals surface area contributed by atoms with Gasteiger partial charge in [0.1, 0.15) is 5.69 Å². The number of carboxylic acid groups (broad SMARTS) is 1. The zero-order chi connectivity index (χ0) is 24.0. The van der Waals surface area contributed by atoms with Crippen LogP contribution in [0, 0.1) is 5.92 Å². The van der Waals surface area contributed by atoms with Gasteiger partial charge in [-0.1, -0.05) is 30.3 Å². The maximum Gasteiger partial charge on any atom is 0.407 e. The number of likely N-dealkylation sites (tertiary alicyclic amines) is 1. The van der Waals surface area contributed by atoms with Crippen molar-refractivity contribution in [2.45, 2.75) is 25.2 Å². The number of amides is 3. The molecule has 1 fully saturated rings. The van der Waals surface area contributed by atoms with Crippen LogP contribution < -0.4 is 10.6 Å². The second kappa shape index (κ2) is 10.4. The average Bonchev–Trinajstić information content (AvgIpc) is 2.79. The molecule has 33 heavy (non-hydrogen) atoms. The van der Waals surface area contributed by atoms with Gasteiger partial charge in [-0.15, -0.1) is 0 Å². The van der Waals surface area contributed by atoms with Crippen molar-refractivity contribution in [3.63, 3.8) is 0 Å². The molecular weight excluding hydrogens is 434 g/mol. The summed E-state index contributed by atoms with van der Waals surface area (Å²) in [4.78, 5) is 40.8. The summed E-state index contributed by atoms with van der Waals surface area (Å²) in [6.07, 6.45) is -0.916. The molecule has 1 aromatic heterocycles. The molecule has 0 aliphatic carbocycles. The Morgan fingerprint density at radius 2 is 1.91 bits per heavy atom. The van der Waals surface area contributed by atoms with Crippen molar-refractivity contribution in [2.24, 2.45) is 5.92 Å². The Morgan fingerprint density at radius 3 is 2.55 bits per heavy atom. The number of aromatic nitrogens is 1. The number of pyridine rings is 1. The highest BCUT2D eigenvalue weighted by Crippen LogP contribution is 2.34. The SMILES string of the molecule is CNC(=O)c1cc(C(=O)NCCC2CCN(C(=O)O)CC2(F)F)cc(Cc2ccccc2)n1. The number of hydrogen-bond acceptors (Lipinski definition) is 4. The van der Waals surface area contributed by atoms with E-state index in [2.05, 4.69) is 15.6 Å². The van der Waals surface area contributed by atoms with Crippen molar-refractivity contribution < 1.29 is 28.3 Å². The van der Waals surface area contributed by atoms with E-state index in [0.717, 1.165) is 5.56 Å². The minimum atomic E-state index is -3.16. The summed E-state index contributed by atoms with van der Waals surface area (Å²) >= 11 is 0. The molecule has 3 amide bonds. The first-order valence-electron chi connectivity index (χ1n) is 10.6. The van der Waals surface area contributed by atoms with Crippen molar-refractivity contribution in [1.82, 2.24) is 20.5 Å². The van der Waals surface area contributed by atoms with Crippen LogP contribution in [-0.4, -0.2) is 65.5 Å². The Balaban J connectivity index is 1.67. The maximum atomic E-state index is 14.3. The Morgan fingerprint density at radius 1 is 1.18 bits per heavy atom. The lowest BCUT2D eigenvalue weighted by molar-refractivity contribution is -0.106. The number of benzene rings is 1. The molecule has 3 rings (SSSR count). The van der Waals surface area contributed by atoms with Gasteiger partial charge in [0.15, 0.2) is 0 Å². The molecule has 8 nitrogen and oxygen atoms in total. The lowest BCUT2D eigenvalue weighted by Gasteiger charge is -2.37. The Hall–Kier alpha value is -3.56. The number of carbonyl (C=O) groups excluding carboxylic acids is 2. The average molecular weight is 460 g/mol. The summed E-state index contributed by atoms with van der Waals surface area (Å²) < 4.78 is 28.6. The van der Waals surface area contributed by atoms with Gasteiger partial charge in [-0.05, 0) is 30.5 Å². The van der Waals surface area contributed by atoms with Gasteiger partial charge in [0, 0.05) is 43.7 Å². The zero-order valence-electron chi connectivity index (χ0n) is 18.2. The van der Waals surface area contributed by atoms with Crippen LogP contribution in [0.15, 0.2) is 42.5 Å². The van der Waals surface area contributed by atoms with E-state index in [9.17, 15) is 23.2 Å². The molecule has 2 aromatic rings. The molecule has 0 radical (unpaired) electrons. The number of rotatable bonds is 7. The lowest BCUT2D eigenvalue weighted by Crippen LogP contribution is -2.50. The van der Waals surface area contributed by atoms with Crippen molar-refractivity contribution in [1.29, 1.82) is 0 Å². The minimum absolute atomic E-state index is 0.00217. The first-order valence-corrected chi connectivity index (χ1v) is 10.6. The number of nitrogens with zero attached hydrogens (tertiary/aromatic N) is 2. The highest BCUT2D eigenvalue weighted by atomic mass is 19.3. The van der Waals surface area contributed by atoms with E-state index in [1.165, 1.54) is 13.1 Å². The van der Waals surface area contributed by atoms with Crippen LogP contribution in [0.1, 0.15) is 44.9 Å². The number of nitrogens with one attached hydrogen (secondary N) is 2. The number of piperidine rings is 1. The third kappa shape index (κ3) is 6.24. The Kier molecular flexibility index (Phi) is 7.57. The molecule has 1 aromatic carbocycles. The Bertz CT molecular complexity index is 1020. The highest BCUT2D eigenvalue weighted by molar-refractivity contribution is 5.98. The van der Waals surface area contributed by atoms with Gasteiger partial charge in [-0.2, -0.15) is 0 Å². The summed E-state index contributed by atoms with van der Waals surface area (Å²) in [7, 11) is 1.46. The van der Waals surface area contributed by atoms with Crippen LogP contribution in [-0.2, 0) is 6.42 Å². The molecule has 0 spiro atoms. The van der Waals surface area contributed by atoms with E-state index in [1.807, 2.05) is 30.3 Å². The molecule has 0 bridgehead atoms. The first-order chi connectivity index (χ1) is 15.7. The predicted octanol–water partition coefficient (Wildman–Crippen LogP) is 2.79. The maximum absolute atomic E-state index is 14.3. The first kappa shape index (κ1) is 24.1. The monoisotopic (exact) mass is 460 g/mol. The van der Waals surface area contributed by atoms with Gasteiger partial charge in [0.05, 0.1) is 6.54 Å². The molecule has 176 valence electrons. The molecule has 3 N–H and O–H groups in total. The molecule has 1 saturated heterocycles. The van der Waals surface area contributed by atoms with Crippen molar-refractivity contribution in [3.8, 4) is 0 Å². The van der Waals surface area contributed by atoms with Gasteiger partial charge in [-0.25, -0.2) is 18.6 Å². The number of halogens is 2. The summed E-state index contributed by atoms with van der Waals surface area (Å²) in [6.45, 7) is -0.812. The summed E-state index contributed by atoms with van der Waals surface area (Å²) in [5.74, 6) is -5.12. The number of alkyl halides is 2. The van der Waals surface area contributed by atoms with E-state index in [-0.39, 0.29) is 37.2 Å². The fraction of sp³-hybridized carbons (Fsp3) is 0.391. The van der Waals surface area contributed by atoms with Crippen molar-refractivity contribution >= 4 is 17.9 Å². The van der Waals surface area contributed by atoms with Crippen LogP contribution >= 0.6 is 0 Å². The Labute approximate surface area is 190 Å². The van der Waals surface area contributed by atoms with E-state index in [1.54, 1.807) is 6.07 Å². The largest absolute Gasteiger partial charge is 0.465 e. The van der Waals surface area contributed by atoms with E-state index < -0.39 is 36.3 Å². The second-order valence-corrected chi connectivity index (χ2v) is 7.97. The van der Waals surface area contributed by atoms with Crippen LogP contribution in [0.3, 0.4) is 0 Å². The van der Waals surface area contributed by atoms with Gasteiger partial charge >= 0.3 is 6.09 Å². The molecule has 1 aliphatic rings. The van der Waals surface area contributed by atoms with Crippen LogP contribution in [0.2, 0.25) is 0 Å². The quantitative estimate of drug-likeness (QED) is 0.588. The third-order valence-electron chi connectivity index (χ3n) is 5.62. The number of hydrogen-bond donors (Lipinski definition) is 3. The number of carbonyl (C=O) groups is 3. The molecule has 10 heteroatoms. The molecule has 1 atom stereocenters. The van der Waals surface area contributed by atoms with E-state index in [4.69, 9.17) is 5.11 Å². The molecule has 0 saturated carbocycles.